The van der Waals surface area contributed by atoms with Crippen LogP contribution < -0.4 is 4.90 Å². The molecule has 1 amide bonds. The van der Waals surface area contributed by atoms with Gasteiger partial charge in [-0.15, -0.1) is 0 Å². The van der Waals surface area contributed by atoms with Gasteiger partial charge in [0.05, 0.1) is 23.3 Å². The van der Waals surface area contributed by atoms with Gasteiger partial charge in [-0.3, -0.25) is 4.79 Å². The fourth-order valence-corrected chi connectivity index (χ4v) is 2.56. The highest BCUT2D eigenvalue weighted by Gasteiger charge is 2.35. The van der Waals surface area contributed by atoms with Crippen molar-refractivity contribution in [3.05, 3.63) is 29.8 Å². The first-order valence-electron chi connectivity index (χ1n) is 6.57. The largest absolute Gasteiger partial charge is 0.377 e. The molecule has 0 saturated carbocycles. The summed E-state index contributed by atoms with van der Waals surface area (Å²) in [7, 11) is 1.73. The maximum atomic E-state index is 12.5. The number of hydrogen-bond donors (Lipinski definition) is 0. The van der Waals surface area contributed by atoms with Gasteiger partial charge in [0.15, 0.2) is 0 Å². The Balaban J connectivity index is 2.22. The molecule has 100 valence electrons. The van der Waals surface area contributed by atoms with E-state index >= 15 is 0 Å². The molecule has 0 radical (unpaired) electrons. The van der Waals surface area contributed by atoms with Crippen molar-refractivity contribution in [1.29, 1.82) is 5.26 Å². The number of rotatable bonds is 3. The average Bonchev–Trinajstić information content (AvgIpc) is 2.94. The summed E-state index contributed by atoms with van der Waals surface area (Å²) >= 11 is 0. The lowest BCUT2D eigenvalue weighted by molar-refractivity contribution is -0.123. The topological polar surface area (TPSA) is 53.3 Å². The number of carbonyl (C=O) groups excluding carboxylic acids is 1. The highest BCUT2D eigenvalue weighted by molar-refractivity contribution is 5.96. The van der Waals surface area contributed by atoms with Crippen LogP contribution in [-0.4, -0.2) is 25.7 Å². The number of nitriles is 1. The minimum atomic E-state index is -0.0956. The highest BCUT2D eigenvalue weighted by Crippen LogP contribution is 2.28. The van der Waals surface area contributed by atoms with Crippen molar-refractivity contribution < 1.29 is 9.53 Å². The molecule has 2 rings (SSSR count). The average molecular weight is 258 g/mol. The lowest BCUT2D eigenvalue weighted by atomic mass is 9.97. The van der Waals surface area contributed by atoms with Crippen LogP contribution in [-0.2, 0) is 9.53 Å². The van der Waals surface area contributed by atoms with E-state index in [0.29, 0.717) is 17.9 Å². The normalized spacial score (nSPS) is 21.9. The summed E-state index contributed by atoms with van der Waals surface area (Å²) in [6.45, 7) is 2.67. The molecule has 2 unspecified atom stereocenters. The molecule has 0 aromatic heterocycles. The van der Waals surface area contributed by atoms with Crippen LogP contribution in [0.5, 0.6) is 0 Å². The van der Waals surface area contributed by atoms with Crippen molar-refractivity contribution >= 4 is 11.6 Å². The molecule has 1 saturated heterocycles. The molecule has 1 aromatic rings. The summed E-state index contributed by atoms with van der Waals surface area (Å²) < 4.78 is 5.57. The molecule has 4 nitrogen and oxygen atoms in total. The fourth-order valence-electron chi connectivity index (χ4n) is 2.56. The van der Waals surface area contributed by atoms with Crippen molar-refractivity contribution in [1.82, 2.24) is 0 Å². The van der Waals surface area contributed by atoms with Gasteiger partial charge in [-0.25, -0.2) is 0 Å². The fraction of sp³-hybridized carbons (Fsp3) is 0.467. The SMILES string of the molecule is CCC1OCCC1C(=O)N(C)c1ccccc1C#N. The van der Waals surface area contributed by atoms with Gasteiger partial charge in [-0.2, -0.15) is 5.26 Å². The number of amides is 1. The zero-order valence-electron chi connectivity index (χ0n) is 11.3. The molecule has 0 bridgehead atoms. The van der Waals surface area contributed by atoms with Crippen LogP contribution in [0.3, 0.4) is 0 Å². The van der Waals surface area contributed by atoms with Crippen LogP contribution in [0, 0.1) is 17.2 Å². The van der Waals surface area contributed by atoms with Gasteiger partial charge in [0, 0.05) is 13.7 Å². The van der Waals surface area contributed by atoms with Crippen molar-refractivity contribution in [2.24, 2.45) is 5.92 Å². The van der Waals surface area contributed by atoms with Gasteiger partial charge >= 0.3 is 0 Å². The van der Waals surface area contributed by atoms with E-state index in [2.05, 4.69) is 6.07 Å². The Labute approximate surface area is 113 Å². The van der Waals surface area contributed by atoms with Crippen LogP contribution >= 0.6 is 0 Å². The Morgan fingerprint density at radius 1 is 1.53 bits per heavy atom. The van der Waals surface area contributed by atoms with Crippen LogP contribution in [0.25, 0.3) is 0 Å². The van der Waals surface area contributed by atoms with E-state index in [9.17, 15) is 4.79 Å². The second kappa shape index (κ2) is 5.85. The minimum absolute atomic E-state index is 0.00389. The van der Waals surface area contributed by atoms with Gasteiger partial charge in [0.2, 0.25) is 5.91 Å². The van der Waals surface area contributed by atoms with E-state index in [0.717, 1.165) is 12.8 Å². The van der Waals surface area contributed by atoms with E-state index in [1.54, 1.807) is 30.1 Å². The molecule has 1 aromatic carbocycles. The molecule has 1 aliphatic rings. The van der Waals surface area contributed by atoms with E-state index in [1.165, 1.54) is 0 Å². The first kappa shape index (κ1) is 13.6. The maximum Gasteiger partial charge on any atom is 0.232 e. The lowest BCUT2D eigenvalue weighted by Crippen LogP contribution is -2.37. The first-order chi connectivity index (χ1) is 9.19. The van der Waals surface area contributed by atoms with E-state index in [4.69, 9.17) is 10.00 Å². The van der Waals surface area contributed by atoms with Gasteiger partial charge < -0.3 is 9.64 Å². The molecule has 0 spiro atoms. The molecule has 0 N–H and O–H groups in total. The summed E-state index contributed by atoms with van der Waals surface area (Å²) in [6, 6.07) is 9.28. The van der Waals surface area contributed by atoms with Crippen LogP contribution in [0.1, 0.15) is 25.3 Å². The Kier molecular flexibility index (Phi) is 4.18. The Morgan fingerprint density at radius 2 is 2.26 bits per heavy atom. The van der Waals surface area contributed by atoms with Gasteiger partial charge in [0.25, 0.3) is 0 Å². The number of ether oxygens (including phenoxy) is 1. The Bertz CT molecular complexity index is 507. The third-order valence-corrected chi connectivity index (χ3v) is 3.65. The standard InChI is InChI=1S/C15H18N2O2/c1-3-14-12(8-9-19-14)15(18)17(2)13-7-5-4-6-11(13)10-16/h4-7,12,14H,3,8-9H2,1-2H3. The second-order valence-corrected chi connectivity index (χ2v) is 4.74. The van der Waals surface area contributed by atoms with Crippen LogP contribution in [0.4, 0.5) is 5.69 Å². The molecular weight excluding hydrogens is 240 g/mol. The molecule has 2 atom stereocenters. The van der Waals surface area contributed by atoms with E-state index in [-0.39, 0.29) is 17.9 Å². The number of para-hydroxylation sites is 1. The number of carbonyl (C=O) groups is 1. The molecular formula is C15H18N2O2. The van der Waals surface area contributed by atoms with Gasteiger partial charge in [-0.1, -0.05) is 19.1 Å². The summed E-state index contributed by atoms with van der Waals surface area (Å²) in [5.41, 5.74) is 1.18. The third kappa shape index (κ3) is 2.61. The van der Waals surface area contributed by atoms with E-state index < -0.39 is 0 Å². The Hall–Kier alpha value is -1.86. The molecule has 1 aliphatic heterocycles. The second-order valence-electron chi connectivity index (χ2n) is 4.74. The van der Waals surface area contributed by atoms with Gasteiger partial charge in [-0.05, 0) is 25.0 Å². The van der Waals surface area contributed by atoms with Crippen molar-refractivity contribution in [3.8, 4) is 6.07 Å². The number of anilines is 1. The van der Waals surface area contributed by atoms with E-state index in [1.807, 2.05) is 13.0 Å². The quantitative estimate of drug-likeness (QED) is 0.836. The number of hydrogen-bond acceptors (Lipinski definition) is 3. The minimum Gasteiger partial charge on any atom is -0.377 e. The monoisotopic (exact) mass is 258 g/mol. The Morgan fingerprint density at radius 3 is 2.95 bits per heavy atom. The van der Waals surface area contributed by atoms with Crippen molar-refractivity contribution in [2.45, 2.75) is 25.9 Å². The van der Waals surface area contributed by atoms with Gasteiger partial charge in [0.1, 0.15) is 6.07 Å². The lowest BCUT2D eigenvalue weighted by Gasteiger charge is -2.24. The molecule has 4 heteroatoms. The zero-order chi connectivity index (χ0) is 13.8. The first-order valence-corrected chi connectivity index (χ1v) is 6.57. The summed E-state index contributed by atoms with van der Waals surface area (Å²) in [5, 5.41) is 9.10. The smallest absolute Gasteiger partial charge is 0.232 e. The molecule has 0 aliphatic carbocycles. The molecule has 19 heavy (non-hydrogen) atoms. The zero-order valence-corrected chi connectivity index (χ0v) is 11.3. The van der Waals surface area contributed by atoms with Crippen molar-refractivity contribution in [3.63, 3.8) is 0 Å². The summed E-state index contributed by atoms with van der Waals surface area (Å²) in [5.74, 6) is -0.0613. The predicted molar refractivity (Wildman–Crippen MR) is 72.7 cm³/mol. The van der Waals surface area contributed by atoms with Crippen molar-refractivity contribution in [2.75, 3.05) is 18.6 Å². The predicted octanol–water partition coefficient (Wildman–Crippen LogP) is 2.34. The molecule has 1 fully saturated rings. The number of nitrogens with zero attached hydrogens (tertiary/aromatic N) is 2. The summed E-state index contributed by atoms with van der Waals surface area (Å²) in [4.78, 5) is 14.1. The maximum absolute atomic E-state index is 12.5. The summed E-state index contributed by atoms with van der Waals surface area (Å²) in [6.07, 6.45) is 1.60. The highest BCUT2D eigenvalue weighted by atomic mass is 16.5. The number of benzene rings is 1. The molecule has 1 heterocycles. The third-order valence-electron chi connectivity index (χ3n) is 3.65. The van der Waals surface area contributed by atoms with Crippen LogP contribution in [0.2, 0.25) is 0 Å². The van der Waals surface area contributed by atoms with Crippen LogP contribution in [0.15, 0.2) is 24.3 Å².